The minimum atomic E-state index is -1.73. The van der Waals surface area contributed by atoms with Gasteiger partial charge in [-0.25, -0.2) is 0 Å². The molecule has 0 aliphatic carbocycles. The van der Waals surface area contributed by atoms with Crippen LogP contribution in [0.5, 0.6) is 0 Å². The van der Waals surface area contributed by atoms with Crippen LogP contribution in [0.2, 0.25) is 18.1 Å². The van der Waals surface area contributed by atoms with Gasteiger partial charge < -0.3 is 13.9 Å². The van der Waals surface area contributed by atoms with Crippen molar-refractivity contribution < 1.29 is 13.9 Å². The van der Waals surface area contributed by atoms with Gasteiger partial charge in [-0.3, -0.25) is 0 Å². The van der Waals surface area contributed by atoms with E-state index in [9.17, 15) is 0 Å². The topological polar surface area (TPSA) is 27.7 Å². The van der Waals surface area contributed by atoms with Gasteiger partial charge in [-0.1, -0.05) is 20.8 Å². The highest BCUT2D eigenvalue weighted by molar-refractivity contribution is 6.74. The summed E-state index contributed by atoms with van der Waals surface area (Å²) in [5.41, 5.74) is 0. The summed E-state index contributed by atoms with van der Waals surface area (Å²) in [7, 11) is 0.0490. The Kier molecular flexibility index (Phi) is 3.45. The molecule has 2 saturated heterocycles. The summed E-state index contributed by atoms with van der Waals surface area (Å²) in [6, 6.07) is 0. The molecule has 0 amide bonds. The van der Waals surface area contributed by atoms with Crippen LogP contribution in [-0.2, 0) is 13.9 Å². The van der Waals surface area contributed by atoms with Crippen LogP contribution in [0.3, 0.4) is 0 Å². The SMILES string of the molecule is CO[C@@H]1[C@@H](O[Si](C)(C)C(C)(C)C)[C@H]2CC[C@@H]1O2. The van der Waals surface area contributed by atoms with Gasteiger partial charge in [-0.05, 0) is 31.0 Å². The molecule has 0 aromatic carbocycles. The fourth-order valence-corrected chi connectivity index (χ4v) is 3.86. The fraction of sp³-hybridized carbons (Fsp3) is 1.00. The van der Waals surface area contributed by atoms with E-state index in [0.29, 0.717) is 0 Å². The van der Waals surface area contributed by atoms with E-state index in [1.165, 1.54) is 0 Å². The first-order valence-corrected chi connectivity index (χ1v) is 9.53. The van der Waals surface area contributed by atoms with E-state index < -0.39 is 8.32 Å². The first kappa shape index (κ1) is 13.5. The number of methoxy groups -OCH3 is 1. The van der Waals surface area contributed by atoms with Gasteiger partial charge >= 0.3 is 0 Å². The van der Waals surface area contributed by atoms with Crippen LogP contribution in [0.4, 0.5) is 0 Å². The molecule has 0 N–H and O–H groups in total. The van der Waals surface area contributed by atoms with Gasteiger partial charge in [-0.15, -0.1) is 0 Å². The van der Waals surface area contributed by atoms with Gasteiger partial charge in [-0.2, -0.15) is 0 Å². The van der Waals surface area contributed by atoms with E-state index >= 15 is 0 Å². The molecular formula is C13H26O3Si. The monoisotopic (exact) mass is 258 g/mol. The molecule has 17 heavy (non-hydrogen) atoms. The smallest absolute Gasteiger partial charge is 0.192 e. The number of fused-ring (bicyclic) bond motifs is 2. The molecular weight excluding hydrogens is 232 g/mol. The largest absolute Gasteiger partial charge is 0.409 e. The van der Waals surface area contributed by atoms with Crippen molar-refractivity contribution in [3.63, 3.8) is 0 Å². The Morgan fingerprint density at radius 2 is 1.59 bits per heavy atom. The van der Waals surface area contributed by atoms with Crippen molar-refractivity contribution in [2.75, 3.05) is 7.11 Å². The van der Waals surface area contributed by atoms with Crippen molar-refractivity contribution in [3.05, 3.63) is 0 Å². The van der Waals surface area contributed by atoms with Crippen molar-refractivity contribution in [1.29, 1.82) is 0 Å². The van der Waals surface area contributed by atoms with Crippen LogP contribution in [-0.4, -0.2) is 39.8 Å². The summed E-state index contributed by atoms with van der Waals surface area (Å²) in [4.78, 5) is 0. The summed E-state index contributed by atoms with van der Waals surface area (Å²) in [5, 5.41) is 0.243. The molecule has 0 unspecified atom stereocenters. The molecule has 2 fully saturated rings. The van der Waals surface area contributed by atoms with E-state index in [4.69, 9.17) is 13.9 Å². The standard InChI is InChI=1S/C13H26O3Si/c1-13(2,3)17(5,6)16-12-10-8-7-9(15-10)11(12)14-4/h9-12H,7-8H2,1-6H3/t9-,10+,11-,12-/m0/s1. The van der Waals surface area contributed by atoms with Crippen molar-refractivity contribution >= 4 is 8.32 Å². The molecule has 2 rings (SSSR count). The van der Waals surface area contributed by atoms with E-state index in [1.807, 2.05) is 0 Å². The molecule has 0 saturated carbocycles. The van der Waals surface area contributed by atoms with Crippen molar-refractivity contribution in [2.24, 2.45) is 0 Å². The lowest BCUT2D eigenvalue weighted by Crippen LogP contribution is -2.51. The van der Waals surface area contributed by atoms with Gasteiger partial charge in [0.2, 0.25) is 0 Å². The average Bonchev–Trinajstić information content (AvgIpc) is 2.75. The lowest BCUT2D eigenvalue weighted by Gasteiger charge is -2.41. The van der Waals surface area contributed by atoms with E-state index in [2.05, 4.69) is 33.9 Å². The lowest BCUT2D eigenvalue weighted by molar-refractivity contribution is -0.0126. The number of ether oxygens (including phenoxy) is 2. The maximum Gasteiger partial charge on any atom is 0.192 e. The predicted octanol–water partition coefficient (Wildman–Crippen LogP) is 2.95. The Hall–Kier alpha value is 0.0969. The zero-order chi connectivity index (χ0) is 12.8. The molecule has 2 heterocycles. The summed E-state index contributed by atoms with van der Waals surface area (Å²) < 4.78 is 18.0. The van der Waals surface area contributed by atoms with E-state index in [1.54, 1.807) is 7.11 Å². The summed E-state index contributed by atoms with van der Waals surface area (Å²) in [5.74, 6) is 0. The molecule has 0 aromatic heterocycles. The maximum absolute atomic E-state index is 6.49. The first-order chi connectivity index (χ1) is 7.76. The van der Waals surface area contributed by atoms with Crippen LogP contribution in [0.1, 0.15) is 33.6 Å². The molecule has 2 bridgehead atoms. The highest BCUT2D eigenvalue weighted by Crippen LogP contribution is 2.43. The van der Waals surface area contributed by atoms with E-state index in [0.717, 1.165) is 12.8 Å². The van der Waals surface area contributed by atoms with Crippen molar-refractivity contribution in [3.8, 4) is 0 Å². The van der Waals surface area contributed by atoms with Gasteiger partial charge in [0.05, 0.1) is 18.3 Å². The highest BCUT2D eigenvalue weighted by Gasteiger charge is 2.53. The van der Waals surface area contributed by atoms with Crippen LogP contribution in [0, 0.1) is 0 Å². The number of hydrogen-bond donors (Lipinski definition) is 0. The Balaban J connectivity index is 2.08. The van der Waals surface area contributed by atoms with Crippen LogP contribution in [0.15, 0.2) is 0 Å². The second-order valence-electron chi connectivity index (χ2n) is 6.83. The molecule has 0 spiro atoms. The first-order valence-electron chi connectivity index (χ1n) is 6.62. The molecule has 100 valence electrons. The molecule has 3 nitrogen and oxygen atoms in total. The predicted molar refractivity (Wildman–Crippen MR) is 70.8 cm³/mol. The third-order valence-electron chi connectivity index (χ3n) is 4.65. The Labute approximate surface area is 106 Å². The molecule has 4 heteroatoms. The quantitative estimate of drug-likeness (QED) is 0.728. The summed E-state index contributed by atoms with van der Waals surface area (Å²) >= 11 is 0. The average molecular weight is 258 g/mol. The second-order valence-corrected chi connectivity index (χ2v) is 11.6. The molecule has 0 aromatic rings. The lowest BCUT2D eigenvalue weighted by atomic mass is 9.95. The second kappa shape index (κ2) is 4.33. The normalized spacial score (nSPS) is 37.8. The molecule has 2 aliphatic heterocycles. The minimum absolute atomic E-state index is 0.142. The molecule has 0 radical (unpaired) electrons. The zero-order valence-electron chi connectivity index (χ0n) is 11.9. The maximum atomic E-state index is 6.49. The van der Waals surface area contributed by atoms with Gasteiger partial charge in [0.25, 0.3) is 0 Å². The fourth-order valence-electron chi connectivity index (χ4n) is 2.54. The van der Waals surface area contributed by atoms with E-state index in [-0.39, 0.29) is 29.5 Å². The Morgan fingerprint density at radius 1 is 1.06 bits per heavy atom. The summed E-state index contributed by atoms with van der Waals surface area (Å²) in [6.45, 7) is 11.4. The van der Waals surface area contributed by atoms with Gasteiger partial charge in [0.1, 0.15) is 6.10 Å². The zero-order valence-corrected chi connectivity index (χ0v) is 12.9. The third kappa shape index (κ3) is 2.32. The van der Waals surface area contributed by atoms with Crippen molar-refractivity contribution in [1.82, 2.24) is 0 Å². The number of rotatable bonds is 3. The Morgan fingerprint density at radius 3 is 2.06 bits per heavy atom. The Bertz CT molecular complexity index is 285. The van der Waals surface area contributed by atoms with Crippen LogP contribution in [0.25, 0.3) is 0 Å². The number of hydrogen-bond acceptors (Lipinski definition) is 3. The van der Waals surface area contributed by atoms with Crippen molar-refractivity contribution in [2.45, 2.75) is 76.2 Å². The highest BCUT2D eigenvalue weighted by atomic mass is 28.4. The van der Waals surface area contributed by atoms with Gasteiger partial charge in [0.15, 0.2) is 8.32 Å². The third-order valence-corrected chi connectivity index (χ3v) is 9.12. The minimum Gasteiger partial charge on any atom is -0.409 e. The van der Waals surface area contributed by atoms with Gasteiger partial charge in [0, 0.05) is 7.11 Å². The summed E-state index contributed by atoms with van der Waals surface area (Å²) in [6.07, 6.45) is 3.08. The molecule has 2 aliphatic rings. The van der Waals surface area contributed by atoms with Crippen LogP contribution >= 0.6 is 0 Å². The van der Waals surface area contributed by atoms with Crippen LogP contribution < -0.4 is 0 Å². The molecule has 4 atom stereocenters.